The first-order valence-electron chi connectivity index (χ1n) is 8.24. The molecule has 1 aromatic carbocycles. The van der Waals surface area contributed by atoms with E-state index in [0.717, 1.165) is 34.6 Å². The minimum atomic E-state index is -0.0755. The molecule has 0 bridgehead atoms. The van der Waals surface area contributed by atoms with E-state index in [9.17, 15) is 4.79 Å². The van der Waals surface area contributed by atoms with Crippen LogP contribution in [0.4, 0.5) is 5.82 Å². The molecule has 0 saturated carbocycles. The molecule has 1 aliphatic heterocycles. The number of carbonyl (C=O) groups excluding carboxylic acids is 1. The molecule has 0 radical (unpaired) electrons. The van der Waals surface area contributed by atoms with E-state index in [2.05, 4.69) is 27.5 Å². The zero-order valence-corrected chi connectivity index (χ0v) is 14.8. The monoisotopic (exact) mass is 355 g/mol. The Kier molecular flexibility index (Phi) is 3.84. The molecule has 0 fully saturated rings. The fraction of sp³-hybridized carbons (Fsp3) is 0.278. The molecule has 1 unspecified atom stereocenters. The van der Waals surface area contributed by atoms with Gasteiger partial charge in [0.05, 0.1) is 11.9 Å². The van der Waals surface area contributed by atoms with Crippen LogP contribution in [0.25, 0.3) is 11.3 Å². The lowest BCUT2D eigenvalue weighted by Gasteiger charge is -2.23. The molecule has 6 nitrogen and oxygen atoms in total. The molecule has 0 spiro atoms. The van der Waals surface area contributed by atoms with E-state index >= 15 is 0 Å². The van der Waals surface area contributed by atoms with Crippen molar-refractivity contribution < 1.29 is 4.79 Å². The summed E-state index contributed by atoms with van der Waals surface area (Å²) in [5, 5.41) is 15.4. The normalized spacial score (nSPS) is 16.6. The van der Waals surface area contributed by atoms with Crippen LogP contribution in [0, 0.1) is 6.92 Å². The SMILES string of the molecule is CCn1ncc(C2CC(=O)Nc3n[nH]c(-c4ccc(Cl)cc4)c32)c1C. The summed E-state index contributed by atoms with van der Waals surface area (Å²) in [4.78, 5) is 12.2. The van der Waals surface area contributed by atoms with E-state index in [1.54, 1.807) is 0 Å². The number of amides is 1. The molecule has 3 aromatic rings. The van der Waals surface area contributed by atoms with Gasteiger partial charge in [-0.3, -0.25) is 14.6 Å². The number of nitrogens with one attached hydrogen (secondary N) is 2. The molecule has 3 heterocycles. The quantitative estimate of drug-likeness (QED) is 0.751. The molecular weight excluding hydrogens is 338 g/mol. The summed E-state index contributed by atoms with van der Waals surface area (Å²) >= 11 is 6.01. The van der Waals surface area contributed by atoms with Gasteiger partial charge >= 0.3 is 0 Å². The number of carbonyl (C=O) groups is 1. The molecule has 1 atom stereocenters. The highest BCUT2D eigenvalue weighted by Crippen LogP contribution is 2.42. The molecule has 0 aliphatic carbocycles. The molecule has 0 saturated heterocycles. The highest BCUT2D eigenvalue weighted by Gasteiger charge is 2.33. The lowest BCUT2D eigenvalue weighted by molar-refractivity contribution is -0.116. The summed E-state index contributed by atoms with van der Waals surface area (Å²) in [7, 11) is 0. The van der Waals surface area contributed by atoms with Gasteiger partial charge in [0.25, 0.3) is 0 Å². The van der Waals surface area contributed by atoms with Crippen molar-refractivity contribution in [2.75, 3.05) is 5.32 Å². The number of anilines is 1. The lowest BCUT2D eigenvalue weighted by atomic mass is 9.84. The average Bonchev–Trinajstić information content (AvgIpc) is 3.18. The largest absolute Gasteiger partial charge is 0.309 e. The van der Waals surface area contributed by atoms with Crippen molar-refractivity contribution in [2.24, 2.45) is 0 Å². The van der Waals surface area contributed by atoms with Gasteiger partial charge in [-0.25, -0.2) is 0 Å². The minimum Gasteiger partial charge on any atom is -0.309 e. The van der Waals surface area contributed by atoms with E-state index in [1.165, 1.54) is 0 Å². The topological polar surface area (TPSA) is 75.6 Å². The standard InChI is InChI=1S/C18H18ClN5O/c1-3-24-10(2)14(9-20-24)13-8-15(25)21-18-16(13)17(22-23-18)11-4-6-12(19)7-5-11/h4-7,9,13H,3,8H2,1-2H3,(H2,21,22,23,25). The Labute approximate surface area is 150 Å². The van der Waals surface area contributed by atoms with E-state index in [0.29, 0.717) is 17.3 Å². The third-order valence-electron chi connectivity index (χ3n) is 4.75. The highest BCUT2D eigenvalue weighted by atomic mass is 35.5. The Bertz CT molecular complexity index is 941. The van der Waals surface area contributed by atoms with Crippen molar-refractivity contribution in [3.8, 4) is 11.3 Å². The predicted molar refractivity (Wildman–Crippen MR) is 96.8 cm³/mol. The molecule has 2 N–H and O–H groups in total. The summed E-state index contributed by atoms with van der Waals surface area (Å²) in [6.07, 6.45) is 2.24. The zero-order chi connectivity index (χ0) is 17.6. The van der Waals surface area contributed by atoms with Gasteiger partial charge in [-0.2, -0.15) is 10.2 Å². The third-order valence-corrected chi connectivity index (χ3v) is 5.00. The Morgan fingerprint density at radius 2 is 2.08 bits per heavy atom. The third kappa shape index (κ3) is 2.62. The second kappa shape index (κ2) is 6.04. The first-order valence-corrected chi connectivity index (χ1v) is 8.62. The van der Waals surface area contributed by atoms with Gasteiger partial charge in [-0.05, 0) is 26.0 Å². The molecule has 2 aromatic heterocycles. The number of benzene rings is 1. The van der Waals surface area contributed by atoms with Gasteiger partial charge in [0.2, 0.25) is 5.91 Å². The number of hydrogen-bond donors (Lipinski definition) is 2. The number of hydrogen-bond acceptors (Lipinski definition) is 3. The van der Waals surface area contributed by atoms with Gasteiger partial charge in [-0.1, -0.05) is 23.7 Å². The fourth-order valence-corrected chi connectivity index (χ4v) is 3.61. The number of aromatic amines is 1. The Morgan fingerprint density at radius 1 is 1.32 bits per heavy atom. The molecule has 4 rings (SSSR count). The van der Waals surface area contributed by atoms with E-state index in [1.807, 2.05) is 42.1 Å². The van der Waals surface area contributed by atoms with Gasteiger partial charge in [0, 0.05) is 46.3 Å². The van der Waals surface area contributed by atoms with Crippen LogP contribution >= 0.6 is 11.6 Å². The number of nitrogens with zero attached hydrogens (tertiary/aromatic N) is 3. The fourth-order valence-electron chi connectivity index (χ4n) is 3.48. The van der Waals surface area contributed by atoms with Crippen LogP contribution in [0.5, 0.6) is 0 Å². The van der Waals surface area contributed by atoms with E-state index in [-0.39, 0.29) is 11.8 Å². The van der Waals surface area contributed by atoms with Crippen molar-refractivity contribution in [3.63, 3.8) is 0 Å². The predicted octanol–water partition coefficient (Wildman–Crippen LogP) is 3.73. The maximum Gasteiger partial charge on any atom is 0.226 e. The Balaban J connectivity index is 1.86. The molecule has 1 aliphatic rings. The highest BCUT2D eigenvalue weighted by molar-refractivity contribution is 6.30. The Hall–Kier alpha value is -2.60. The smallest absolute Gasteiger partial charge is 0.226 e. The summed E-state index contributed by atoms with van der Waals surface area (Å²) in [6.45, 7) is 4.90. The average molecular weight is 356 g/mol. The van der Waals surface area contributed by atoms with Crippen LogP contribution in [0.2, 0.25) is 5.02 Å². The first-order chi connectivity index (χ1) is 12.1. The van der Waals surface area contributed by atoms with Crippen molar-refractivity contribution in [2.45, 2.75) is 32.7 Å². The number of halogens is 1. The summed E-state index contributed by atoms with van der Waals surface area (Å²) < 4.78 is 1.95. The van der Waals surface area contributed by atoms with E-state index in [4.69, 9.17) is 11.6 Å². The maximum atomic E-state index is 12.2. The van der Waals surface area contributed by atoms with Gasteiger partial charge in [0.15, 0.2) is 5.82 Å². The van der Waals surface area contributed by atoms with Gasteiger partial charge in [0.1, 0.15) is 0 Å². The number of aromatic nitrogens is 4. The number of H-pyrrole nitrogens is 1. The second-order valence-corrected chi connectivity index (χ2v) is 6.61. The number of aryl methyl sites for hydroxylation is 1. The summed E-state index contributed by atoms with van der Waals surface area (Å²) in [5.41, 5.74) is 5.03. The van der Waals surface area contributed by atoms with Crippen molar-refractivity contribution >= 4 is 23.3 Å². The zero-order valence-electron chi connectivity index (χ0n) is 14.0. The summed E-state index contributed by atoms with van der Waals surface area (Å²) in [6, 6.07) is 7.60. The van der Waals surface area contributed by atoms with Crippen LogP contribution in [-0.4, -0.2) is 25.9 Å². The minimum absolute atomic E-state index is 0.0321. The maximum absolute atomic E-state index is 12.2. The molecule has 1 amide bonds. The van der Waals surface area contributed by atoms with Gasteiger partial charge < -0.3 is 5.32 Å². The van der Waals surface area contributed by atoms with Crippen LogP contribution in [0.15, 0.2) is 30.5 Å². The van der Waals surface area contributed by atoms with Crippen LogP contribution in [0.3, 0.4) is 0 Å². The second-order valence-electron chi connectivity index (χ2n) is 6.17. The number of fused-ring (bicyclic) bond motifs is 1. The van der Waals surface area contributed by atoms with Crippen molar-refractivity contribution in [3.05, 3.63) is 52.3 Å². The molecule has 7 heteroatoms. The van der Waals surface area contributed by atoms with E-state index < -0.39 is 0 Å². The van der Waals surface area contributed by atoms with Crippen molar-refractivity contribution in [1.29, 1.82) is 0 Å². The summed E-state index contributed by atoms with van der Waals surface area (Å²) in [5.74, 6) is 0.485. The van der Waals surface area contributed by atoms with Crippen LogP contribution in [0.1, 0.15) is 36.1 Å². The Morgan fingerprint density at radius 3 is 2.76 bits per heavy atom. The molecule has 128 valence electrons. The van der Waals surface area contributed by atoms with Crippen LogP contribution < -0.4 is 5.32 Å². The van der Waals surface area contributed by atoms with Gasteiger partial charge in [-0.15, -0.1) is 0 Å². The first kappa shape index (κ1) is 15.9. The molecule has 25 heavy (non-hydrogen) atoms. The number of rotatable bonds is 3. The van der Waals surface area contributed by atoms with Crippen LogP contribution in [-0.2, 0) is 11.3 Å². The van der Waals surface area contributed by atoms with Crippen molar-refractivity contribution in [1.82, 2.24) is 20.0 Å². The lowest BCUT2D eigenvalue weighted by Crippen LogP contribution is -2.23. The molecular formula is C18H18ClN5O.